The molecule has 0 unspecified atom stereocenters. The van der Waals surface area contributed by atoms with Gasteiger partial charge in [0.15, 0.2) is 0 Å². The minimum atomic E-state index is -0.0562. The van der Waals surface area contributed by atoms with Crippen LogP contribution in [0.4, 0.5) is 0 Å². The normalized spacial score (nSPS) is 10.0. The molecule has 0 aromatic carbocycles. The predicted octanol–water partition coefficient (Wildman–Crippen LogP) is -0.810. The fourth-order valence-corrected chi connectivity index (χ4v) is 1.05. The molecule has 0 radical (unpaired) electrons. The number of hydrogen-bond donors (Lipinski definition) is 2. The van der Waals surface area contributed by atoms with Crippen LogP contribution in [0.15, 0.2) is 0 Å². The van der Waals surface area contributed by atoms with Crippen molar-refractivity contribution in [1.82, 2.24) is 15.5 Å². The van der Waals surface area contributed by atoms with Gasteiger partial charge in [0.2, 0.25) is 11.8 Å². The summed E-state index contributed by atoms with van der Waals surface area (Å²) in [4.78, 5) is 23.9. The van der Waals surface area contributed by atoms with Crippen molar-refractivity contribution in [2.24, 2.45) is 0 Å². The van der Waals surface area contributed by atoms with Crippen molar-refractivity contribution in [1.29, 1.82) is 0 Å². The summed E-state index contributed by atoms with van der Waals surface area (Å²) in [6, 6.07) is 0. The zero-order chi connectivity index (χ0) is 11.0. The lowest BCUT2D eigenvalue weighted by Gasteiger charge is -2.14. The quantitative estimate of drug-likeness (QED) is 0.591. The highest BCUT2D eigenvalue weighted by atomic mass is 16.2. The topological polar surface area (TPSA) is 61.4 Å². The standard InChI is InChI=1S/C9H19N3O2/c1-4-10-8(13)6-12(3)7-9(14)11-5-2/h4-7H2,1-3H3,(H,10,13)(H,11,14). The number of rotatable bonds is 6. The van der Waals surface area contributed by atoms with Gasteiger partial charge in [-0.15, -0.1) is 0 Å². The number of nitrogens with one attached hydrogen (secondary N) is 2. The number of nitrogens with zero attached hydrogens (tertiary/aromatic N) is 1. The first-order valence-corrected chi connectivity index (χ1v) is 4.82. The van der Waals surface area contributed by atoms with E-state index in [9.17, 15) is 9.59 Å². The number of hydrogen-bond acceptors (Lipinski definition) is 3. The van der Waals surface area contributed by atoms with Crippen LogP contribution in [0, 0.1) is 0 Å². The van der Waals surface area contributed by atoms with Crippen molar-refractivity contribution in [2.45, 2.75) is 13.8 Å². The van der Waals surface area contributed by atoms with Gasteiger partial charge in [-0.05, 0) is 20.9 Å². The van der Waals surface area contributed by atoms with Crippen molar-refractivity contribution >= 4 is 11.8 Å². The summed E-state index contributed by atoms with van der Waals surface area (Å²) < 4.78 is 0. The second-order valence-corrected chi connectivity index (χ2v) is 3.08. The molecule has 0 aromatic heterocycles. The zero-order valence-corrected chi connectivity index (χ0v) is 9.09. The Morgan fingerprint density at radius 2 is 1.36 bits per heavy atom. The van der Waals surface area contributed by atoms with Gasteiger partial charge in [-0.1, -0.05) is 0 Å². The van der Waals surface area contributed by atoms with E-state index in [1.165, 1.54) is 0 Å². The molecule has 0 aromatic rings. The van der Waals surface area contributed by atoms with Gasteiger partial charge in [0.25, 0.3) is 0 Å². The van der Waals surface area contributed by atoms with Crippen LogP contribution in [-0.4, -0.2) is 49.9 Å². The van der Waals surface area contributed by atoms with Crippen molar-refractivity contribution in [3.05, 3.63) is 0 Å². The minimum absolute atomic E-state index is 0.0562. The minimum Gasteiger partial charge on any atom is -0.355 e. The van der Waals surface area contributed by atoms with Crippen LogP contribution in [0.25, 0.3) is 0 Å². The Hall–Kier alpha value is -1.10. The summed E-state index contributed by atoms with van der Waals surface area (Å²) in [5.41, 5.74) is 0. The van der Waals surface area contributed by atoms with Gasteiger partial charge < -0.3 is 10.6 Å². The molecule has 0 bridgehead atoms. The Kier molecular flexibility index (Phi) is 6.74. The summed E-state index contributed by atoms with van der Waals surface area (Å²) in [6.45, 7) is 5.47. The van der Waals surface area contributed by atoms with E-state index in [0.29, 0.717) is 13.1 Å². The van der Waals surface area contributed by atoms with Crippen molar-refractivity contribution in [3.8, 4) is 0 Å². The first-order valence-electron chi connectivity index (χ1n) is 4.82. The van der Waals surface area contributed by atoms with Crippen LogP contribution < -0.4 is 10.6 Å². The Bertz CT molecular complexity index is 174. The molecule has 0 atom stereocenters. The summed E-state index contributed by atoms with van der Waals surface area (Å²) in [6.07, 6.45) is 0. The van der Waals surface area contributed by atoms with E-state index in [-0.39, 0.29) is 24.9 Å². The third kappa shape index (κ3) is 6.42. The van der Waals surface area contributed by atoms with Crippen molar-refractivity contribution < 1.29 is 9.59 Å². The van der Waals surface area contributed by atoms with Gasteiger partial charge in [0.1, 0.15) is 0 Å². The second kappa shape index (κ2) is 7.32. The summed E-state index contributed by atoms with van der Waals surface area (Å²) in [5.74, 6) is -0.112. The van der Waals surface area contributed by atoms with Crippen molar-refractivity contribution in [3.63, 3.8) is 0 Å². The number of carbonyl (C=O) groups is 2. The van der Waals surface area contributed by atoms with E-state index in [2.05, 4.69) is 10.6 Å². The first kappa shape index (κ1) is 12.9. The van der Waals surface area contributed by atoms with Gasteiger partial charge in [0.05, 0.1) is 13.1 Å². The van der Waals surface area contributed by atoms with Gasteiger partial charge in [-0.2, -0.15) is 0 Å². The van der Waals surface area contributed by atoms with Gasteiger partial charge in [-0.25, -0.2) is 0 Å². The molecule has 0 fully saturated rings. The van der Waals surface area contributed by atoms with Crippen LogP contribution in [0.5, 0.6) is 0 Å². The molecule has 0 aliphatic carbocycles. The summed E-state index contributed by atoms with van der Waals surface area (Å²) in [7, 11) is 1.74. The van der Waals surface area contributed by atoms with Crippen LogP contribution in [0.2, 0.25) is 0 Å². The highest BCUT2D eigenvalue weighted by Gasteiger charge is 2.08. The third-order valence-electron chi connectivity index (χ3n) is 1.57. The average molecular weight is 201 g/mol. The lowest BCUT2D eigenvalue weighted by Crippen LogP contribution is -2.40. The number of carbonyl (C=O) groups excluding carboxylic acids is 2. The highest BCUT2D eigenvalue weighted by molar-refractivity contribution is 5.80. The first-order chi connectivity index (χ1) is 6.60. The molecule has 5 heteroatoms. The number of amides is 2. The van der Waals surface area contributed by atoms with E-state index in [4.69, 9.17) is 0 Å². The molecule has 0 saturated heterocycles. The van der Waals surface area contributed by atoms with Crippen LogP contribution >= 0.6 is 0 Å². The van der Waals surface area contributed by atoms with Crippen molar-refractivity contribution in [2.75, 3.05) is 33.2 Å². The monoisotopic (exact) mass is 201 g/mol. The van der Waals surface area contributed by atoms with Crippen LogP contribution in [0.3, 0.4) is 0 Å². The summed E-state index contributed by atoms with van der Waals surface area (Å²) in [5, 5.41) is 5.34. The Balaban J connectivity index is 3.68. The molecule has 0 spiro atoms. The molecule has 0 rings (SSSR count). The smallest absolute Gasteiger partial charge is 0.234 e. The lowest BCUT2D eigenvalue weighted by atomic mass is 10.4. The largest absolute Gasteiger partial charge is 0.355 e. The molecule has 14 heavy (non-hydrogen) atoms. The molecule has 2 N–H and O–H groups in total. The maximum atomic E-state index is 11.1. The zero-order valence-electron chi connectivity index (χ0n) is 9.09. The molecule has 0 saturated carbocycles. The van der Waals surface area contributed by atoms with Gasteiger partial charge in [-0.3, -0.25) is 14.5 Å². The molecule has 82 valence electrons. The average Bonchev–Trinajstić information content (AvgIpc) is 2.03. The predicted molar refractivity (Wildman–Crippen MR) is 54.9 cm³/mol. The number of likely N-dealkylation sites (N-methyl/N-ethyl adjacent to an activating group) is 3. The maximum absolute atomic E-state index is 11.1. The molecule has 0 aliphatic rings. The molecule has 5 nitrogen and oxygen atoms in total. The van der Waals surface area contributed by atoms with Crippen LogP contribution in [0.1, 0.15) is 13.8 Å². The Morgan fingerprint density at radius 1 is 1.00 bits per heavy atom. The van der Waals surface area contributed by atoms with E-state index in [1.807, 2.05) is 13.8 Å². The van der Waals surface area contributed by atoms with E-state index in [1.54, 1.807) is 11.9 Å². The highest BCUT2D eigenvalue weighted by Crippen LogP contribution is 1.81. The fourth-order valence-electron chi connectivity index (χ4n) is 1.05. The third-order valence-corrected chi connectivity index (χ3v) is 1.57. The van der Waals surface area contributed by atoms with Crippen LogP contribution in [-0.2, 0) is 9.59 Å². The van der Waals surface area contributed by atoms with E-state index in [0.717, 1.165) is 0 Å². The fraction of sp³-hybridized carbons (Fsp3) is 0.778. The second-order valence-electron chi connectivity index (χ2n) is 3.08. The maximum Gasteiger partial charge on any atom is 0.234 e. The Labute approximate surface area is 84.8 Å². The summed E-state index contributed by atoms with van der Waals surface area (Å²) >= 11 is 0. The molecule has 0 aliphatic heterocycles. The lowest BCUT2D eigenvalue weighted by molar-refractivity contribution is -0.124. The van der Waals surface area contributed by atoms with E-state index < -0.39 is 0 Å². The molecular weight excluding hydrogens is 182 g/mol. The molecule has 0 heterocycles. The van der Waals surface area contributed by atoms with Gasteiger partial charge >= 0.3 is 0 Å². The molecular formula is C9H19N3O2. The molecule has 2 amide bonds. The van der Waals surface area contributed by atoms with E-state index >= 15 is 0 Å². The SMILES string of the molecule is CCNC(=O)CN(C)CC(=O)NCC. The van der Waals surface area contributed by atoms with Gasteiger partial charge in [0, 0.05) is 13.1 Å². The Morgan fingerprint density at radius 3 is 1.64 bits per heavy atom.